The van der Waals surface area contributed by atoms with Gasteiger partial charge in [-0.25, -0.2) is 0 Å². The van der Waals surface area contributed by atoms with Crippen LogP contribution in [0, 0.1) is 5.92 Å². The number of ether oxygens (including phenoxy) is 1. The minimum atomic E-state index is 0.527. The third kappa shape index (κ3) is 1.38. The number of hydrogen-bond donors (Lipinski definition) is 0. The van der Waals surface area contributed by atoms with E-state index < -0.39 is 0 Å². The standard InChI is InChI=1S/C14H16O/c1-15-14-7-6-10-8-11-4-2-3-5-12(11)13(14)9-10/h2-5,7,10,13H,6,8-9H2,1H3/t10?,13-/m1/s1. The third-order valence-corrected chi connectivity index (χ3v) is 3.74. The molecule has 0 radical (unpaired) electrons. The molecule has 2 aliphatic rings. The van der Waals surface area contributed by atoms with Crippen LogP contribution in [0.4, 0.5) is 0 Å². The molecule has 0 spiro atoms. The highest BCUT2D eigenvalue weighted by molar-refractivity contribution is 5.39. The number of rotatable bonds is 1. The Morgan fingerprint density at radius 1 is 1.27 bits per heavy atom. The van der Waals surface area contributed by atoms with Crippen LogP contribution in [0.2, 0.25) is 0 Å². The van der Waals surface area contributed by atoms with Gasteiger partial charge in [-0.1, -0.05) is 24.3 Å². The fourth-order valence-electron chi connectivity index (χ4n) is 3.01. The van der Waals surface area contributed by atoms with Crippen molar-refractivity contribution in [3.63, 3.8) is 0 Å². The van der Waals surface area contributed by atoms with E-state index in [4.69, 9.17) is 4.74 Å². The van der Waals surface area contributed by atoms with Gasteiger partial charge < -0.3 is 4.74 Å². The van der Waals surface area contributed by atoms with Gasteiger partial charge in [0, 0.05) is 5.92 Å². The van der Waals surface area contributed by atoms with Crippen LogP contribution in [0.3, 0.4) is 0 Å². The first kappa shape index (κ1) is 9.02. The lowest BCUT2D eigenvalue weighted by molar-refractivity contribution is 0.227. The van der Waals surface area contributed by atoms with Crippen molar-refractivity contribution in [1.29, 1.82) is 0 Å². The number of benzene rings is 1. The predicted octanol–water partition coefficient (Wildman–Crippen LogP) is 3.27. The van der Waals surface area contributed by atoms with Gasteiger partial charge in [0.1, 0.15) is 0 Å². The molecule has 2 bridgehead atoms. The minimum absolute atomic E-state index is 0.527. The van der Waals surface area contributed by atoms with Crippen molar-refractivity contribution < 1.29 is 4.74 Å². The first-order valence-corrected chi connectivity index (χ1v) is 5.70. The molecule has 0 fully saturated rings. The average molecular weight is 200 g/mol. The van der Waals surface area contributed by atoms with E-state index in [-0.39, 0.29) is 0 Å². The van der Waals surface area contributed by atoms with Crippen molar-refractivity contribution in [2.24, 2.45) is 5.92 Å². The van der Waals surface area contributed by atoms with Crippen molar-refractivity contribution in [2.75, 3.05) is 7.11 Å². The highest BCUT2D eigenvalue weighted by atomic mass is 16.5. The van der Waals surface area contributed by atoms with Crippen LogP contribution in [-0.2, 0) is 11.2 Å². The molecular weight excluding hydrogens is 184 g/mol. The molecule has 0 saturated heterocycles. The third-order valence-electron chi connectivity index (χ3n) is 3.74. The van der Waals surface area contributed by atoms with Gasteiger partial charge in [0.15, 0.2) is 0 Å². The minimum Gasteiger partial charge on any atom is -0.501 e. The lowest BCUT2D eigenvalue weighted by atomic mass is 9.71. The molecule has 2 aliphatic carbocycles. The summed E-state index contributed by atoms with van der Waals surface area (Å²) >= 11 is 0. The molecule has 0 aromatic heterocycles. The van der Waals surface area contributed by atoms with Gasteiger partial charge >= 0.3 is 0 Å². The van der Waals surface area contributed by atoms with E-state index in [1.54, 1.807) is 7.11 Å². The first-order valence-electron chi connectivity index (χ1n) is 5.70. The van der Waals surface area contributed by atoms with Crippen LogP contribution in [0.1, 0.15) is 29.9 Å². The summed E-state index contributed by atoms with van der Waals surface area (Å²) < 4.78 is 5.49. The maximum absolute atomic E-state index is 5.49. The second kappa shape index (κ2) is 3.41. The van der Waals surface area contributed by atoms with Crippen molar-refractivity contribution in [2.45, 2.75) is 25.2 Å². The Bertz CT molecular complexity index is 406. The first-order chi connectivity index (χ1) is 7.38. The monoisotopic (exact) mass is 200 g/mol. The van der Waals surface area contributed by atoms with E-state index in [1.165, 1.54) is 36.1 Å². The van der Waals surface area contributed by atoms with Crippen LogP contribution in [0.15, 0.2) is 36.1 Å². The molecule has 15 heavy (non-hydrogen) atoms. The van der Waals surface area contributed by atoms with Crippen LogP contribution in [0.5, 0.6) is 0 Å². The van der Waals surface area contributed by atoms with Crippen LogP contribution in [0.25, 0.3) is 0 Å². The molecule has 1 aromatic carbocycles. The lowest BCUT2D eigenvalue weighted by Crippen LogP contribution is -2.23. The van der Waals surface area contributed by atoms with Crippen molar-refractivity contribution in [3.8, 4) is 0 Å². The Morgan fingerprint density at radius 2 is 2.13 bits per heavy atom. The summed E-state index contributed by atoms with van der Waals surface area (Å²) in [4.78, 5) is 0. The fraction of sp³-hybridized carbons (Fsp3) is 0.429. The van der Waals surface area contributed by atoms with E-state index >= 15 is 0 Å². The molecule has 78 valence electrons. The zero-order valence-electron chi connectivity index (χ0n) is 9.07. The van der Waals surface area contributed by atoms with E-state index in [9.17, 15) is 0 Å². The maximum Gasteiger partial charge on any atom is 0.0990 e. The summed E-state index contributed by atoms with van der Waals surface area (Å²) in [5, 5.41) is 0. The SMILES string of the molecule is COC1=CCC2Cc3ccccc3[C@H]1C2. The molecule has 0 saturated carbocycles. The Balaban J connectivity index is 2.08. The number of hydrogen-bond acceptors (Lipinski definition) is 1. The molecule has 0 N–H and O–H groups in total. The Kier molecular flexibility index (Phi) is 2.05. The van der Waals surface area contributed by atoms with Gasteiger partial charge in [0.2, 0.25) is 0 Å². The number of methoxy groups -OCH3 is 1. The molecule has 0 aliphatic heterocycles. The molecule has 1 unspecified atom stereocenters. The number of fused-ring (bicyclic) bond motifs is 4. The predicted molar refractivity (Wildman–Crippen MR) is 60.7 cm³/mol. The van der Waals surface area contributed by atoms with Gasteiger partial charge in [-0.2, -0.15) is 0 Å². The summed E-state index contributed by atoms with van der Waals surface area (Å²) in [6, 6.07) is 8.82. The second-order valence-electron chi connectivity index (χ2n) is 4.60. The van der Waals surface area contributed by atoms with E-state index in [2.05, 4.69) is 30.3 Å². The van der Waals surface area contributed by atoms with Crippen LogP contribution < -0.4 is 0 Å². The summed E-state index contributed by atoms with van der Waals surface area (Å²) in [7, 11) is 1.80. The molecule has 2 atom stereocenters. The lowest BCUT2D eigenvalue weighted by Gasteiger charge is -2.35. The molecular formula is C14H16O. The molecule has 0 heterocycles. The van der Waals surface area contributed by atoms with Gasteiger partial charge in [-0.3, -0.25) is 0 Å². The molecule has 0 amide bonds. The molecule has 1 aromatic rings. The van der Waals surface area contributed by atoms with Crippen molar-refractivity contribution in [3.05, 3.63) is 47.2 Å². The van der Waals surface area contributed by atoms with E-state index in [1.807, 2.05) is 0 Å². The van der Waals surface area contributed by atoms with Gasteiger partial charge in [0.05, 0.1) is 12.9 Å². The average Bonchev–Trinajstić information content (AvgIpc) is 2.30. The largest absolute Gasteiger partial charge is 0.501 e. The quantitative estimate of drug-likeness (QED) is 0.676. The Hall–Kier alpha value is -1.24. The van der Waals surface area contributed by atoms with Crippen LogP contribution >= 0.6 is 0 Å². The van der Waals surface area contributed by atoms with Gasteiger partial charge in [0.25, 0.3) is 0 Å². The van der Waals surface area contributed by atoms with Gasteiger partial charge in [-0.15, -0.1) is 0 Å². The van der Waals surface area contributed by atoms with Crippen molar-refractivity contribution in [1.82, 2.24) is 0 Å². The second-order valence-corrected chi connectivity index (χ2v) is 4.60. The number of allylic oxidation sites excluding steroid dienone is 2. The molecule has 1 heteroatoms. The van der Waals surface area contributed by atoms with Crippen LogP contribution in [-0.4, -0.2) is 7.11 Å². The zero-order chi connectivity index (χ0) is 10.3. The summed E-state index contributed by atoms with van der Waals surface area (Å²) in [5.74, 6) is 2.54. The molecule has 3 rings (SSSR count). The topological polar surface area (TPSA) is 9.23 Å². The summed E-state index contributed by atoms with van der Waals surface area (Å²) in [6.07, 6.45) is 6.00. The normalized spacial score (nSPS) is 27.9. The zero-order valence-corrected chi connectivity index (χ0v) is 9.07. The summed E-state index contributed by atoms with van der Waals surface area (Å²) in [5.41, 5.74) is 3.02. The summed E-state index contributed by atoms with van der Waals surface area (Å²) in [6.45, 7) is 0. The highest BCUT2D eigenvalue weighted by Crippen LogP contribution is 2.44. The Morgan fingerprint density at radius 3 is 3.00 bits per heavy atom. The van der Waals surface area contributed by atoms with E-state index in [0.717, 1.165) is 5.92 Å². The highest BCUT2D eigenvalue weighted by Gasteiger charge is 2.32. The van der Waals surface area contributed by atoms with Crippen molar-refractivity contribution >= 4 is 0 Å². The smallest absolute Gasteiger partial charge is 0.0990 e. The fourth-order valence-corrected chi connectivity index (χ4v) is 3.01. The maximum atomic E-state index is 5.49. The van der Waals surface area contributed by atoms with E-state index in [0.29, 0.717) is 5.92 Å². The van der Waals surface area contributed by atoms with Gasteiger partial charge in [-0.05, 0) is 42.4 Å². The molecule has 1 nitrogen and oxygen atoms in total. The Labute approximate surface area is 90.8 Å².